The summed E-state index contributed by atoms with van der Waals surface area (Å²) in [5.41, 5.74) is 0.332. The molecule has 0 aromatic heterocycles. The molecule has 0 radical (unpaired) electrons. The molecule has 0 aliphatic carbocycles. The molecule has 1 unspecified atom stereocenters. The van der Waals surface area contributed by atoms with E-state index in [0.29, 0.717) is 11.2 Å². The minimum absolute atomic E-state index is 0.227. The smallest absolute Gasteiger partial charge is 0.214 e. The van der Waals surface area contributed by atoms with Crippen molar-refractivity contribution in [2.45, 2.75) is 46.1 Å². The highest BCUT2D eigenvalue weighted by atomic mass is 32.2. The van der Waals surface area contributed by atoms with E-state index in [9.17, 15) is 8.42 Å². The minimum atomic E-state index is -2.94. The molecule has 0 aromatic carbocycles. The summed E-state index contributed by atoms with van der Waals surface area (Å²) >= 11 is 0. The second kappa shape index (κ2) is 5.10. The van der Waals surface area contributed by atoms with Gasteiger partial charge in [0.2, 0.25) is 10.0 Å². The number of hydrogen-bond acceptors (Lipinski definition) is 3. The van der Waals surface area contributed by atoms with Crippen LogP contribution < -0.4 is 0 Å². The van der Waals surface area contributed by atoms with Gasteiger partial charge in [0.25, 0.3) is 0 Å². The fourth-order valence-corrected chi connectivity index (χ4v) is 4.74. The molecule has 0 saturated carbocycles. The summed E-state index contributed by atoms with van der Waals surface area (Å²) < 4.78 is 25.6. The number of hydrogen-bond donors (Lipinski definition) is 0. The maximum Gasteiger partial charge on any atom is 0.214 e. The van der Waals surface area contributed by atoms with Crippen molar-refractivity contribution in [1.29, 1.82) is 0 Å². The van der Waals surface area contributed by atoms with E-state index in [2.05, 4.69) is 25.7 Å². The lowest BCUT2D eigenvalue weighted by molar-refractivity contribution is 0.194. The van der Waals surface area contributed by atoms with Crippen LogP contribution in [0.15, 0.2) is 0 Å². The quantitative estimate of drug-likeness (QED) is 0.780. The second-order valence-corrected chi connectivity index (χ2v) is 8.52. The molecular weight excluding hydrogens is 248 g/mol. The van der Waals surface area contributed by atoms with Crippen molar-refractivity contribution in [1.82, 2.24) is 9.21 Å². The molecule has 2 saturated heterocycles. The van der Waals surface area contributed by atoms with Gasteiger partial charge >= 0.3 is 0 Å². The SMILES string of the molecule is CCC(C)(C)CN1CCC(N2CCCS2(=O)=O)C1. The average molecular weight is 274 g/mol. The zero-order valence-electron chi connectivity index (χ0n) is 11.9. The van der Waals surface area contributed by atoms with Crippen LogP contribution in [0.5, 0.6) is 0 Å². The van der Waals surface area contributed by atoms with Gasteiger partial charge in [-0.2, -0.15) is 4.31 Å². The third kappa shape index (κ3) is 3.06. The lowest BCUT2D eigenvalue weighted by atomic mass is 9.90. The average Bonchev–Trinajstić information content (AvgIpc) is 2.84. The van der Waals surface area contributed by atoms with Gasteiger partial charge in [-0.1, -0.05) is 20.8 Å². The number of likely N-dealkylation sites (tertiary alicyclic amines) is 1. The maximum atomic E-state index is 11.9. The van der Waals surface area contributed by atoms with Crippen LogP contribution in [0.25, 0.3) is 0 Å². The summed E-state index contributed by atoms with van der Waals surface area (Å²) in [6, 6.07) is 0.227. The van der Waals surface area contributed by atoms with Crippen LogP contribution in [0.3, 0.4) is 0 Å². The maximum absolute atomic E-state index is 11.9. The molecule has 2 aliphatic heterocycles. The van der Waals surface area contributed by atoms with Gasteiger partial charge in [-0.05, 0) is 31.2 Å². The molecule has 2 heterocycles. The highest BCUT2D eigenvalue weighted by Crippen LogP contribution is 2.27. The summed E-state index contributed by atoms with van der Waals surface area (Å²) in [5, 5.41) is 0. The highest BCUT2D eigenvalue weighted by molar-refractivity contribution is 7.89. The van der Waals surface area contributed by atoms with Crippen LogP contribution in [0, 0.1) is 5.41 Å². The lowest BCUT2D eigenvalue weighted by Gasteiger charge is -2.29. The third-order valence-electron chi connectivity index (χ3n) is 4.40. The molecule has 0 spiro atoms. The Morgan fingerprint density at radius 3 is 2.56 bits per heavy atom. The molecule has 0 aromatic rings. The molecular formula is C13H26N2O2S. The van der Waals surface area contributed by atoms with Crippen LogP contribution in [0.1, 0.15) is 40.0 Å². The van der Waals surface area contributed by atoms with Crippen LogP contribution in [-0.2, 0) is 10.0 Å². The zero-order chi connectivity index (χ0) is 13.4. The largest absolute Gasteiger partial charge is 0.301 e. The molecule has 0 bridgehead atoms. The lowest BCUT2D eigenvalue weighted by Crippen LogP contribution is -2.40. The van der Waals surface area contributed by atoms with Crippen molar-refractivity contribution in [3.05, 3.63) is 0 Å². The van der Waals surface area contributed by atoms with E-state index in [-0.39, 0.29) is 6.04 Å². The molecule has 4 nitrogen and oxygen atoms in total. The van der Waals surface area contributed by atoms with Crippen molar-refractivity contribution in [2.24, 2.45) is 5.41 Å². The summed E-state index contributed by atoms with van der Waals surface area (Å²) in [7, 11) is -2.94. The van der Waals surface area contributed by atoms with Crippen LogP contribution in [0.2, 0.25) is 0 Å². The molecule has 106 valence electrons. The molecule has 5 heteroatoms. The van der Waals surface area contributed by atoms with Crippen LogP contribution >= 0.6 is 0 Å². The monoisotopic (exact) mass is 274 g/mol. The van der Waals surface area contributed by atoms with Crippen molar-refractivity contribution >= 4 is 10.0 Å². The fraction of sp³-hybridized carbons (Fsp3) is 1.00. The Morgan fingerprint density at radius 2 is 2.00 bits per heavy atom. The second-order valence-electron chi connectivity index (χ2n) is 6.48. The molecule has 1 atom stereocenters. The normalized spacial score (nSPS) is 30.1. The first-order valence-electron chi connectivity index (χ1n) is 7.06. The topological polar surface area (TPSA) is 40.6 Å². The minimum Gasteiger partial charge on any atom is -0.301 e. The van der Waals surface area contributed by atoms with Crippen molar-refractivity contribution in [3.8, 4) is 0 Å². The molecule has 0 amide bonds. The summed E-state index contributed by atoms with van der Waals surface area (Å²) in [4.78, 5) is 2.43. The van der Waals surface area contributed by atoms with Gasteiger partial charge in [-0.25, -0.2) is 8.42 Å². The van der Waals surface area contributed by atoms with Crippen molar-refractivity contribution in [2.75, 3.05) is 31.9 Å². The molecule has 0 N–H and O–H groups in total. The first-order valence-corrected chi connectivity index (χ1v) is 8.67. The molecule has 2 aliphatic rings. The first kappa shape index (κ1) is 14.3. The first-order chi connectivity index (χ1) is 8.34. The Kier molecular flexibility index (Phi) is 4.04. The van der Waals surface area contributed by atoms with Gasteiger partial charge in [-0.15, -0.1) is 0 Å². The summed E-state index contributed by atoms with van der Waals surface area (Å²) in [6.07, 6.45) is 2.97. The Balaban J connectivity index is 1.93. The number of nitrogens with zero attached hydrogens (tertiary/aromatic N) is 2. The van der Waals surface area contributed by atoms with E-state index in [0.717, 1.165) is 45.4 Å². The Morgan fingerprint density at radius 1 is 1.28 bits per heavy atom. The van der Waals surface area contributed by atoms with Gasteiger partial charge in [0.1, 0.15) is 0 Å². The standard InChI is InChI=1S/C13H26N2O2S/c1-4-13(2,3)11-14-8-6-12(10-14)15-7-5-9-18(15,16)17/h12H,4-11H2,1-3H3. The van der Waals surface area contributed by atoms with Crippen LogP contribution in [0.4, 0.5) is 0 Å². The van der Waals surface area contributed by atoms with Crippen molar-refractivity contribution < 1.29 is 8.42 Å². The Hall–Kier alpha value is -0.130. The highest BCUT2D eigenvalue weighted by Gasteiger charge is 2.38. The fourth-order valence-electron chi connectivity index (χ4n) is 2.98. The van der Waals surface area contributed by atoms with Crippen LogP contribution in [-0.4, -0.2) is 55.6 Å². The molecule has 2 rings (SSSR count). The summed E-state index contributed by atoms with van der Waals surface area (Å²) in [6.45, 7) is 10.6. The molecule has 18 heavy (non-hydrogen) atoms. The van der Waals surface area contributed by atoms with E-state index in [4.69, 9.17) is 0 Å². The Bertz CT molecular complexity index is 392. The predicted molar refractivity (Wildman–Crippen MR) is 74.0 cm³/mol. The third-order valence-corrected chi connectivity index (χ3v) is 6.40. The van der Waals surface area contributed by atoms with E-state index in [1.165, 1.54) is 0 Å². The van der Waals surface area contributed by atoms with Crippen molar-refractivity contribution in [3.63, 3.8) is 0 Å². The summed E-state index contributed by atoms with van der Waals surface area (Å²) in [5.74, 6) is 0.351. The van der Waals surface area contributed by atoms with Gasteiger partial charge in [0.05, 0.1) is 5.75 Å². The van der Waals surface area contributed by atoms with Gasteiger partial charge in [0, 0.05) is 25.7 Å². The number of rotatable bonds is 4. The van der Waals surface area contributed by atoms with E-state index in [1.807, 2.05) is 0 Å². The predicted octanol–water partition coefficient (Wildman–Crippen LogP) is 1.53. The van der Waals surface area contributed by atoms with E-state index >= 15 is 0 Å². The van der Waals surface area contributed by atoms with E-state index in [1.54, 1.807) is 4.31 Å². The van der Waals surface area contributed by atoms with E-state index < -0.39 is 10.0 Å². The van der Waals surface area contributed by atoms with Gasteiger partial charge < -0.3 is 4.90 Å². The van der Waals surface area contributed by atoms with Gasteiger partial charge in [-0.3, -0.25) is 0 Å². The Labute approximate surface area is 111 Å². The van der Waals surface area contributed by atoms with Gasteiger partial charge in [0.15, 0.2) is 0 Å². The molecule has 2 fully saturated rings. The zero-order valence-corrected chi connectivity index (χ0v) is 12.7. The number of sulfonamides is 1.